The molecule has 2 aromatic heterocycles. The molecule has 30 heavy (non-hydrogen) atoms. The summed E-state index contributed by atoms with van der Waals surface area (Å²) in [6.07, 6.45) is 1.81. The Morgan fingerprint density at radius 3 is 2.40 bits per heavy atom. The lowest BCUT2D eigenvalue weighted by molar-refractivity contribution is 0.380. The number of aryl methyl sites for hydroxylation is 2. The Morgan fingerprint density at radius 1 is 1.07 bits per heavy atom. The highest BCUT2D eigenvalue weighted by Crippen LogP contribution is 2.17. The normalized spacial score (nSPS) is 15.0. The zero-order chi connectivity index (χ0) is 21.1. The summed E-state index contributed by atoms with van der Waals surface area (Å²) in [5, 5.41) is 4.46. The van der Waals surface area contributed by atoms with Gasteiger partial charge in [0.1, 0.15) is 5.82 Å². The number of rotatable bonds is 4. The number of aliphatic imine (C=N–C) groups is 1. The molecule has 3 aromatic rings. The molecule has 0 bridgehead atoms. The van der Waals surface area contributed by atoms with Crippen LogP contribution in [0.3, 0.4) is 0 Å². The molecule has 3 heterocycles. The van der Waals surface area contributed by atoms with Crippen molar-refractivity contribution >= 4 is 11.6 Å². The fourth-order valence-electron chi connectivity index (χ4n) is 3.61. The minimum atomic E-state index is -0.217. The molecule has 156 valence electrons. The van der Waals surface area contributed by atoms with E-state index in [1.165, 1.54) is 12.1 Å². The zero-order valence-electron chi connectivity index (χ0n) is 17.3. The van der Waals surface area contributed by atoms with Crippen LogP contribution >= 0.6 is 0 Å². The van der Waals surface area contributed by atoms with Gasteiger partial charge in [-0.05, 0) is 55.8 Å². The molecular weight excluding hydrogens is 381 g/mol. The first-order valence-corrected chi connectivity index (χ1v) is 10.0. The molecule has 2 N–H and O–H groups in total. The standard InChI is InChI=1S/C22H26FN7/c1-16-13-17(2)30(27-16)21-8-3-18(14-25-21)15-26-22(24)29-11-9-28(10-12-29)20-6-4-19(23)5-7-20/h3-8,13-14H,9-12,15H2,1-2H3,(H2,24,26). The van der Waals surface area contributed by atoms with Gasteiger partial charge in [-0.25, -0.2) is 19.0 Å². The van der Waals surface area contributed by atoms with E-state index < -0.39 is 0 Å². The van der Waals surface area contributed by atoms with Crippen LogP contribution in [0.4, 0.5) is 10.1 Å². The van der Waals surface area contributed by atoms with Gasteiger partial charge in [-0.3, -0.25) is 0 Å². The topological polar surface area (TPSA) is 75.6 Å². The lowest BCUT2D eigenvalue weighted by atomic mass is 10.2. The molecule has 1 aliphatic rings. The summed E-state index contributed by atoms with van der Waals surface area (Å²) in [5.41, 5.74) is 10.3. The largest absolute Gasteiger partial charge is 0.370 e. The van der Waals surface area contributed by atoms with Crippen LogP contribution in [0.1, 0.15) is 17.0 Å². The summed E-state index contributed by atoms with van der Waals surface area (Å²) in [7, 11) is 0. The number of nitrogens with two attached hydrogens (primary N) is 1. The summed E-state index contributed by atoms with van der Waals surface area (Å²) >= 11 is 0. The zero-order valence-corrected chi connectivity index (χ0v) is 17.3. The number of hydrogen-bond acceptors (Lipinski definition) is 4. The van der Waals surface area contributed by atoms with Gasteiger partial charge in [-0.2, -0.15) is 5.10 Å². The Balaban J connectivity index is 1.33. The first-order chi connectivity index (χ1) is 14.5. The molecular formula is C22H26FN7. The van der Waals surface area contributed by atoms with Crippen LogP contribution in [0.25, 0.3) is 5.82 Å². The molecule has 8 heteroatoms. The molecule has 0 aliphatic carbocycles. The van der Waals surface area contributed by atoms with Gasteiger partial charge in [0.25, 0.3) is 0 Å². The smallest absolute Gasteiger partial charge is 0.191 e. The van der Waals surface area contributed by atoms with E-state index in [0.29, 0.717) is 12.5 Å². The predicted molar refractivity (Wildman–Crippen MR) is 116 cm³/mol. The SMILES string of the molecule is Cc1cc(C)n(-c2ccc(CN=C(N)N3CCN(c4ccc(F)cc4)CC3)cn2)n1. The first kappa shape index (κ1) is 19.9. The maximum Gasteiger partial charge on any atom is 0.191 e. The third-order valence-electron chi connectivity index (χ3n) is 5.25. The molecule has 7 nitrogen and oxygen atoms in total. The second kappa shape index (κ2) is 8.52. The van der Waals surface area contributed by atoms with Crippen molar-refractivity contribution in [2.45, 2.75) is 20.4 Å². The quantitative estimate of drug-likeness (QED) is 0.532. The van der Waals surface area contributed by atoms with Crippen LogP contribution in [0.5, 0.6) is 0 Å². The van der Waals surface area contributed by atoms with Crippen molar-refractivity contribution in [2.24, 2.45) is 10.7 Å². The first-order valence-electron chi connectivity index (χ1n) is 10.0. The Labute approximate surface area is 175 Å². The van der Waals surface area contributed by atoms with Crippen LogP contribution in [-0.2, 0) is 6.54 Å². The molecule has 0 amide bonds. The molecule has 0 atom stereocenters. The van der Waals surface area contributed by atoms with Crippen molar-refractivity contribution in [1.82, 2.24) is 19.7 Å². The van der Waals surface area contributed by atoms with E-state index in [9.17, 15) is 4.39 Å². The van der Waals surface area contributed by atoms with Crippen molar-refractivity contribution in [3.63, 3.8) is 0 Å². The average molecular weight is 407 g/mol. The van der Waals surface area contributed by atoms with Crippen LogP contribution in [-0.4, -0.2) is 51.8 Å². The third-order valence-corrected chi connectivity index (χ3v) is 5.25. The lowest BCUT2D eigenvalue weighted by Crippen LogP contribution is -2.51. The fraction of sp³-hybridized carbons (Fsp3) is 0.318. The summed E-state index contributed by atoms with van der Waals surface area (Å²) in [5.74, 6) is 1.11. The Kier molecular flexibility index (Phi) is 5.65. The average Bonchev–Trinajstić information content (AvgIpc) is 3.11. The number of pyridine rings is 1. The molecule has 1 aromatic carbocycles. The van der Waals surface area contributed by atoms with Gasteiger partial charge in [0, 0.05) is 43.8 Å². The second-order valence-electron chi connectivity index (χ2n) is 7.49. The maximum absolute atomic E-state index is 13.1. The molecule has 0 radical (unpaired) electrons. The predicted octanol–water partition coefficient (Wildman–Crippen LogP) is 2.66. The lowest BCUT2D eigenvalue weighted by Gasteiger charge is -2.36. The van der Waals surface area contributed by atoms with Gasteiger partial charge < -0.3 is 15.5 Å². The summed E-state index contributed by atoms with van der Waals surface area (Å²) in [6, 6.07) is 12.6. The number of halogens is 1. The Morgan fingerprint density at radius 2 is 1.80 bits per heavy atom. The summed E-state index contributed by atoms with van der Waals surface area (Å²) < 4.78 is 14.9. The van der Waals surface area contributed by atoms with E-state index >= 15 is 0 Å². The van der Waals surface area contributed by atoms with Gasteiger partial charge in [0.15, 0.2) is 11.8 Å². The van der Waals surface area contributed by atoms with Crippen molar-refractivity contribution < 1.29 is 4.39 Å². The van der Waals surface area contributed by atoms with E-state index in [0.717, 1.165) is 54.6 Å². The Bertz CT molecular complexity index is 1020. The fourth-order valence-corrected chi connectivity index (χ4v) is 3.61. The second-order valence-corrected chi connectivity index (χ2v) is 7.49. The van der Waals surface area contributed by atoms with E-state index in [1.54, 1.807) is 0 Å². The Hall–Kier alpha value is -3.42. The molecule has 0 spiro atoms. The minimum Gasteiger partial charge on any atom is -0.370 e. The molecule has 1 fully saturated rings. The van der Waals surface area contributed by atoms with E-state index in [2.05, 4.69) is 24.9 Å². The number of anilines is 1. The monoisotopic (exact) mass is 407 g/mol. The highest BCUT2D eigenvalue weighted by Gasteiger charge is 2.18. The van der Waals surface area contributed by atoms with E-state index in [4.69, 9.17) is 5.73 Å². The van der Waals surface area contributed by atoms with Gasteiger partial charge in [-0.1, -0.05) is 6.07 Å². The van der Waals surface area contributed by atoms with E-state index in [-0.39, 0.29) is 5.82 Å². The molecule has 0 saturated carbocycles. The minimum absolute atomic E-state index is 0.217. The van der Waals surface area contributed by atoms with Gasteiger partial charge in [0.05, 0.1) is 12.2 Å². The van der Waals surface area contributed by atoms with Gasteiger partial charge in [-0.15, -0.1) is 0 Å². The highest BCUT2D eigenvalue weighted by molar-refractivity contribution is 5.78. The van der Waals surface area contributed by atoms with Crippen LogP contribution in [0.2, 0.25) is 0 Å². The number of hydrogen-bond donors (Lipinski definition) is 1. The van der Waals surface area contributed by atoms with Crippen LogP contribution < -0.4 is 10.6 Å². The van der Waals surface area contributed by atoms with Crippen LogP contribution in [0.15, 0.2) is 53.7 Å². The molecule has 4 rings (SSSR count). The van der Waals surface area contributed by atoms with Gasteiger partial charge >= 0.3 is 0 Å². The highest BCUT2D eigenvalue weighted by atomic mass is 19.1. The van der Waals surface area contributed by atoms with Crippen LogP contribution in [0, 0.1) is 19.7 Å². The summed E-state index contributed by atoms with van der Waals surface area (Å²) in [6.45, 7) is 7.66. The number of guanidine groups is 1. The van der Waals surface area contributed by atoms with Gasteiger partial charge in [0.2, 0.25) is 0 Å². The molecule has 0 unspecified atom stereocenters. The third kappa shape index (κ3) is 4.42. The number of benzene rings is 1. The maximum atomic E-state index is 13.1. The molecule has 1 aliphatic heterocycles. The molecule has 1 saturated heterocycles. The number of piperazine rings is 1. The van der Waals surface area contributed by atoms with Crippen molar-refractivity contribution in [3.8, 4) is 5.82 Å². The number of aromatic nitrogens is 3. The van der Waals surface area contributed by atoms with E-state index in [1.807, 2.05) is 55.1 Å². The van der Waals surface area contributed by atoms with Crippen molar-refractivity contribution in [2.75, 3.05) is 31.1 Å². The number of nitrogens with zero attached hydrogens (tertiary/aromatic N) is 6. The van der Waals surface area contributed by atoms with Crippen molar-refractivity contribution in [1.29, 1.82) is 0 Å². The van der Waals surface area contributed by atoms with Crippen molar-refractivity contribution in [3.05, 3.63) is 71.4 Å². The summed E-state index contributed by atoms with van der Waals surface area (Å²) in [4.78, 5) is 13.4.